The molecule has 0 fully saturated rings. The van der Waals surface area contributed by atoms with Crippen LogP contribution in [0, 0.1) is 0 Å². The van der Waals surface area contributed by atoms with Gasteiger partial charge in [-0.15, -0.1) is 0 Å². The number of benzene rings is 6. The Balaban J connectivity index is 0.000000162. The number of fused-ring (bicyclic) bond motifs is 3. The first kappa shape index (κ1) is 20.6. The van der Waals surface area contributed by atoms with E-state index >= 15 is 0 Å². The molecule has 0 heterocycles. The van der Waals surface area contributed by atoms with Gasteiger partial charge in [-0.25, -0.2) is 0 Å². The fourth-order valence-corrected chi connectivity index (χ4v) is 3.98. The molecule has 0 N–H and O–H groups in total. The lowest BCUT2D eigenvalue weighted by atomic mass is 10.1. The third-order valence-electron chi connectivity index (χ3n) is 5.68. The molecule has 0 radical (unpaired) electrons. The maximum Gasteiger partial charge on any atom is 0.135 e. The highest BCUT2D eigenvalue weighted by atomic mass is 16.5. The average Bonchev–Trinajstić information content (AvgIpc) is 2.89. The van der Waals surface area contributed by atoms with Crippen molar-refractivity contribution in [2.45, 2.75) is 0 Å². The van der Waals surface area contributed by atoms with Crippen LogP contribution in [0.5, 0.6) is 17.2 Å². The molecule has 0 aliphatic heterocycles. The summed E-state index contributed by atoms with van der Waals surface area (Å²) in [6.07, 6.45) is 0. The largest absolute Gasteiger partial charge is 0.497 e. The molecule has 0 aliphatic carbocycles. The van der Waals surface area contributed by atoms with Gasteiger partial charge in [-0.05, 0) is 45.8 Å². The van der Waals surface area contributed by atoms with Gasteiger partial charge in [0.25, 0.3) is 0 Å². The van der Waals surface area contributed by atoms with E-state index in [1.54, 1.807) is 7.11 Å². The first-order valence-electron chi connectivity index (χ1n) is 11.0. The third-order valence-corrected chi connectivity index (χ3v) is 5.68. The quantitative estimate of drug-likeness (QED) is 0.281. The molecular formula is C31H24O2. The first-order chi connectivity index (χ1) is 16.3. The maximum atomic E-state index is 6.20. The Bertz CT molecular complexity index is 1450. The highest BCUT2D eigenvalue weighted by Crippen LogP contribution is 2.33. The zero-order valence-corrected chi connectivity index (χ0v) is 18.4. The van der Waals surface area contributed by atoms with Gasteiger partial charge in [0.1, 0.15) is 17.2 Å². The van der Waals surface area contributed by atoms with E-state index in [1.807, 2.05) is 72.8 Å². The summed E-state index contributed by atoms with van der Waals surface area (Å²) in [6, 6.07) is 43.2. The average molecular weight is 429 g/mol. The third kappa shape index (κ3) is 4.51. The summed E-state index contributed by atoms with van der Waals surface area (Å²) in [6.45, 7) is 0. The summed E-state index contributed by atoms with van der Waals surface area (Å²) in [5.41, 5.74) is 0. The molecule has 0 saturated carbocycles. The molecule has 33 heavy (non-hydrogen) atoms. The van der Waals surface area contributed by atoms with Gasteiger partial charge >= 0.3 is 0 Å². The minimum atomic E-state index is 0.893. The lowest BCUT2D eigenvalue weighted by molar-refractivity contribution is 0.415. The van der Waals surface area contributed by atoms with Crippen molar-refractivity contribution in [3.63, 3.8) is 0 Å². The molecule has 0 spiro atoms. The summed E-state index contributed by atoms with van der Waals surface area (Å²) in [5.74, 6) is 2.70. The zero-order chi connectivity index (χ0) is 22.5. The molecule has 0 bridgehead atoms. The molecule has 6 rings (SSSR count). The van der Waals surface area contributed by atoms with Crippen molar-refractivity contribution in [3.8, 4) is 17.2 Å². The Morgan fingerprint density at radius 3 is 1.48 bits per heavy atom. The Kier molecular flexibility index (Phi) is 5.90. The van der Waals surface area contributed by atoms with Crippen LogP contribution in [0.3, 0.4) is 0 Å². The minimum absolute atomic E-state index is 0.893. The monoisotopic (exact) mass is 428 g/mol. The molecule has 6 aromatic rings. The number of rotatable bonds is 3. The standard InChI is InChI=1S/C20H14O.C11H10O/c1-3-11-17-15(7-1)9-5-13-19(17)21-20-14-6-10-16-8-2-4-12-18(16)20;1-12-11-7-6-9-4-2-3-5-10(9)8-11/h1-14H;2-8H,1H3. The number of ether oxygens (including phenoxy) is 2. The molecule has 0 unspecified atom stereocenters. The molecule has 0 aliphatic rings. The van der Waals surface area contributed by atoms with Gasteiger partial charge in [-0.2, -0.15) is 0 Å². The Morgan fingerprint density at radius 1 is 0.424 bits per heavy atom. The van der Waals surface area contributed by atoms with E-state index in [0.29, 0.717) is 0 Å². The summed E-state index contributed by atoms with van der Waals surface area (Å²) < 4.78 is 11.3. The van der Waals surface area contributed by atoms with Gasteiger partial charge in [-0.1, -0.05) is 103 Å². The van der Waals surface area contributed by atoms with Gasteiger partial charge in [0, 0.05) is 10.8 Å². The van der Waals surface area contributed by atoms with Gasteiger partial charge in [0.2, 0.25) is 0 Å². The van der Waals surface area contributed by atoms with Crippen molar-refractivity contribution in [2.24, 2.45) is 0 Å². The second-order valence-corrected chi connectivity index (χ2v) is 7.77. The summed E-state index contributed by atoms with van der Waals surface area (Å²) in [4.78, 5) is 0. The molecule has 160 valence electrons. The van der Waals surface area contributed by atoms with E-state index in [-0.39, 0.29) is 0 Å². The molecule has 6 aromatic carbocycles. The van der Waals surface area contributed by atoms with Crippen LogP contribution in [0.1, 0.15) is 0 Å². The van der Waals surface area contributed by atoms with Crippen LogP contribution in [-0.4, -0.2) is 7.11 Å². The Hall–Kier alpha value is -4.30. The predicted molar refractivity (Wildman–Crippen MR) is 138 cm³/mol. The lowest BCUT2D eigenvalue weighted by Crippen LogP contribution is -1.87. The van der Waals surface area contributed by atoms with Crippen molar-refractivity contribution in [1.29, 1.82) is 0 Å². The van der Waals surface area contributed by atoms with Crippen LogP contribution in [-0.2, 0) is 0 Å². The van der Waals surface area contributed by atoms with E-state index in [9.17, 15) is 0 Å². The number of hydrogen-bond donors (Lipinski definition) is 0. The highest BCUT2D eigenvalue weighted by Gasteiger charge is 2.06. The van der Waals surface area contributed by atoms with E-state index < -0.39 is 0 Å². The van der Waals surface area contributed by atoms with Crippen LogP contribution in [0.25, 0.3) is 32.3 Å². The van der Waals surface area contributed by atoms with Crippen LogP contribution >= 0.6 is 0 Å². The predicted octanol–water partition coefficient (Wildman–Crippen LogP) is 8.63. The molecule has 2 heteroatoms. The first-order valence-corrected chi connectivity index (χ1v) is 11.0. The van der Waals surface area contributed by atoms with Gasteiger partial charge in [0.05, 0.1) is 7.11 Å². The fourth-order valence-electron chi connectivity index (χ4n) is 3.98. The molecule has 0 saturated heterocycles. The van der Waals surface area contributed by atoms with Crippen molar-refractivity contribution in [2.75, 3.05) is 7.11 Å². The van der Waals surface area contributed by atoms with Crippen LogP contribution < -0.4 is 9.47 Å². The Labute approximate surface area is 193 Å². The second kappa shape index (κ2) is 9.46. The van der Waals surface area contributed by atoms with Crippen molar-refractivity contribution in [3.05, 3.63) is 127 Å². The number of hydrogen-bond acceptors (Lipinski definition) is 2. The second-order valence-electron chi connectivity index (χ2n) is 7.77. The highest BCUT2D eigenvalue weighted by molar-refractivity contribution is 5.91. The summed E-state index contributed by atoms with van der Waals surface area (Å²) >= 11 is 0. The molecule has 0 aromatic heterocycles. The van der Waals surface area contributed by atoms with Crippen LogP contribution in [0.2, 0.25) is 0 Å². The van der Waals surface area contributed by atoms with E-state index in [4.69, 9.17) is 9.47 Å². The van der Waals surface area contributed by atoms with Crippen molar-refractivity contribution < 1.29 is 9.47 Å². The van der Waals surface area contributed by atoms with Crippen molar-refractivity contribution in [1.82, 2.24) is 0 Å². The molecule has 0 atom stereocenters. The van der Waals surface area contributed by atoms with E-state index in [0.717, 1.165) is 28.0 Å². The molecular weight excluding hydrogens is 404 g/mol. The zero-order valence-electron chi connectivity index (χ0n) is 18.4. The minimum Gasteiger partial charge on any atom is -0.497 e. The smallest absolute Gasteiger partial charge is 0.135 e. The lowest BCUT2D eigenvalue weighted by Gasteiger charge is -2.11. The molecule has 0 amide bonds. The van der Waals surface area contributed by atoms with Gasteiger partial charge in [0.15, 0.2) is 0 Å². The van der Waals surface area contributed by atoms with E-state index in [1.165, 1.54) is 21.5 Å². The fraction of sp³-hybridized carbons (Fsp3) is 0.0323. The van der Waals surface area contributed by atoms with E-state index in [2.05, 4.69) is 54.6 Å². The molecule has 2 nitrogen and oxygen atoms in total. The Morgan fingerprint density at radius 2 is 0.909 bits per heavy atom. The summed E-state index contributed by atoms with van der Waals surface area (Å²) in [7, 11) is 1.68. The normalized spacial score (nSPS) is 10.6. The number of methoxy groups -OCH3 is 1. The van der Waals surface area contributed by atoms with Crippen molar-refractivity contribution >= 4 is 32.3 Å². The van der Waals surface area contributed by atoms with Gasteiger partial charge < -0.3 is 9.47 Å². The maximum absolute atomic E-state index is 6.20. The van der Waals surface area contributed by atoms with Gasteiger partial charge in [-0.3, -0.25) is 0 Å². The topological polar surface area (TPSA) is 18.5 Å². The summed E-state index contributed by atoms with van der Waals surface area (Å²) in [5, 5.41) is 7.11. The van der Waals surface area contributed by atoms with Crippen LogP contribution in [0.15, 0.2) is 127 Å². The SMILES string of the molecule is COc1ccc2ccccc2c1.c1ccc2c(Oc3cccc4ccccc34)cccc2c1. The van der Waals surface area contributed by atoms with Crippen LogP contribution in [0.4, 0.5) is 0 Å².